The molecule has 0 aromatic heterocycles. The molecule has 84 valence electrons. The van der Waals surface area contributed by atoms with E-state index in [0.29, 0.717) is 26.4 Å². The Morgan fingerprint density at radius 3 is 2.57 bits per heavy atom. The van der Waals surface area contributed by atoms with Crippen LogP contribution in [-0.2, 0) is 9.47 Å². The maximum Gasteiger partial charge on any atom is 0.101 e. The fourth-order valence-corrected chi connectivity index (χ4v) is 0.883. The Kier molecular flexibility index (Phi) is 8.94. The van der Waals surface area contributed by atoms with Crippen LogP contribution in [-0.4, -0.2) is 37.6 Å². The van der Waals surface area contributed by atoms with Crippen molar-refractivity contribution in [1.29, 1.82) is 0 Å². The summed E-state index contributed by atoms with van der Waals surface area (Å²) in [6, 6.07) is 0. The van der Waals surface area contributed by atoms with Crippen LogP contribution < -0.4 is 0 Å². The lowest BCUT2D eigenvalue weighted by Crippen LogP contribution is -2.22. The van der Waals surface area contributed by atoms with E-state index in [9.17, 15) is 5.11 Å². The summed E-state index contributed by atoms with van der Waals surface area (Å²) in [5, 5.41) is 9.38. The molecule has 0 aromatic carbocycles. The highest BCUT2D eigenvalue weighted by Gasteiger charge is 2.03. The van der Waals surface area contributed by atoms with Crippen molar-refractivity contribution in [3.63, 3.8) is 0 Å². The van der Waals surface area contributed by atoms with Gasteiger partial charge in [-0.1, -0.05) is 25.5 Å². The van der Waals surface area contributed by atoms with Gasteiger partial charge in [-0.3, -0.25) is 0 Å². The minimum Gasteiger partial charge on any atom is -0.388 e. The van der Waals surface area contributed by atoms with Gasteiger partial charge in [0.2, 0.25) is 0 Å². The van der Waals surface area contributed by atoms with E-state index in [2.05, 4.69) is 13.5 Å². The van der Waals surface area contributed by atoms with Gasteiger partial charge in [0, 0.05) is 6.61 Å². The molecule has 3 heteroatoms. The van der Waals surface area contributed by atoms with Gasteiger partial charge in [0.25, 0.3) is 0 Å². The van der Waals surface area contributed by atoms with Crippen LogP contribution in [0, 0.1) is 0 Å². The van der Waals surface area contributed by atoms with Crippen LogP contribution in [0.2, 0.25) is 0 Å². The largest absolute Gasteiger partial charge is 0.388 e. The van der Waals surface area contributed by atoms with Crippen molar-refractivity contribution in [2.75, 3.05) is 26.4 Å². The normalized spacial score (nSPS) is 12.8. The Morgan fingerprint density at radius 1 is 1.36 bits per heavy atom. The summed E-state index contributed by atoms with van der Waals surface area (Å²) in [5.41, 5.74) is 0.962. The molecule has 0 rings (SSSR count). The second-order valence-corrected chi connectivity index (χ2v) is 3.55. The van der Waals surface area contributed by atoms with Crippen LogP contribution in [0.1, 0.15) is 26.7 Å². The molecule has 0 amide bonds. The minimum absolute atomic E-state index is 0.318. The first-order valence-corrected chi connectivity index (χ1v) is 5.14. The molecular formula is C11H22O3. The molecule has 0 aliphatic rings. The first-order valence-electron chi connectivity index (χ1n) is 5.14. The molecule has 0 spiro atoms. The van der Waals surface area contributed by atoms with Crippen molar-refractivity contribution in [1.82, 2.24) is 0 Å². The summed E-state index contributed by atoms with van der Waals surface area (Å²) in [5.74, 6) is 0. The molecule has 1 N–H and O–H groups in total. The summed E-state index contributed by atoms with van der Waals surface area (Å²) < 4.78 is 10.4. The SMILES string of the molecule is C=C(C)COCC(O)COCCCC. The third-order valence-corrected chi connectivity index (χ3v) is 1.61. The monoisotopic (exact) mass is 202 g/mol. The van der Waals surface area contributed by atoms with Gasteiger partial charge in [-0.2, -0.15) is 0 Å². The molecule has 0 radical (unpaired) electrons. The summed E-state index contributed by atoms with van der Waals surface area (Å²) in [6.45, 7) is 9.60. The molecular weight excluding hydrogens is 180 g/mol. The van der Waals surface area contributed by atoms with Gasteiger partial charge in [-0.25, -0.2) is 0 Å². The molecule has 14 heavy (non-hydrogen) atoms. The van der Waals surface area contributed by atoms with Crippen LogP contribution in [0.15, 0.2) is 12.2 Å². The van der Waals surface area contributed by atoms with Gasteiger partial charge in [0.1, 0.15) is 6.10 Å². The first kappa shape index (κ1) is 13.6. The van der Waals surface area contributed by atoms with E-state index in [1.54, 1.807) is 0 Å². The minimum atomic E-state index is -0.522. The topological polar surface area (TPSA) is 38.7 Å². The predicted molar refractivity (Wildman–Crippen MR) is 57.4 cm³/mol. The number of rotatable bonds is 9. The standard InChI is InChI=1S/C11H22O3/c1-4-5-6-13-8-11(12)9-14-7-10(2)3/h11-12H,2,4-9H2,1,3H3. The molecule has 0 heterocycles. The molecule has 0 aliphatic carbocycles. The molecule has 0 aromatic rings. The van der Waals surface area contributed by atoms with E-state index in [-0.39, 0.29) is 0 Å². The van der Waals surface area contributed by atoms with Crippen molar-refractivity contribution in [2.45, 2.75) is 32.8 Å². The van der Waals surface area contributed by atoms with Gasteiger partial charge in [-0.05, 0) is 13.3 Å². The van der Waals surface area contributed by atoms with Gasteiger partial charge < -0.3 is 14.6 Å². The summed E-state index contributed by atoms with van der Waals surface area (Å²) >= 11 is 0. The quantitative estimate of drug-likeness (QED) is 0.457. The Labute approximate surface area is 86.7 Å². The van der Waals surface area contributed by atoms with Gasteiger partial charge >= 0.3 is 0 Å². The highest BCUT2D eigenvalue weighted by Crippen LogP contribution is 1.94. The van der Waals surface area contributed by atoms with Gasteiger partial charge in [0.15, 0.2) is 0 Å². The molecule has 0 aliphatic heterocycles. The second-order valence-electron chi connectivity index (χ2n) is 3.55. The lowest BCUT2D eigenvalue weighted by molar-refractivity contribution is -0.0146. The van der Waals surface area contributed by atoms with Crippen molar-refractivity contribution in [3.8, 4) is 0 Å². The van der Waals surface area contributed by atoms with E-state index < -0.39 is 6.10 Å². The third-order valence-electron chi connectivity index (χ3n) is 1.61. The van der Waals surface area contributed by atoms with Gasteiger partial charge in [0.05, 0.1) is 19.8 Å². The van der Waals surface area contributed by atoms with Crippen LogP contribution in [0.25, 0.3) is 0 Å². The van der Waals surface area contributed by atoms with E-state index in [1.165, 1.54) is 0 Å². The average molecular weight is 202 g/mol. The smallest absolute Gasteiger partial charge is 0.101 e. The van der Waals surface area contributed by atoms with E-state index in [0.717, 1.165) is 18.4 Å². The molecule has 0 saturated heterocycles. The molecule has 0 saturated carbocycles. The summed E-state index contributed by atoms with van der Waals surface area (Å²) in [7, 11) is 0. The zero-order valence-corrected chi connectivity index (χ0v) is 9.29. The number of aliphatic hydroxyl groups is 1. The zero-order valence-electron chi connectivity index (χ0n) is 9.29. The lowest BCUT2D eigenvalue weighted by atomic mass is 10.3. The Hall–Kier alpha value is -0.380. The molecule has 1 unspecified atom stereocenters. The number of hydrogen-bond acceptors (Lipinski definition) is 3. The van der Waals surface area contributed by atoms with Crippen molar-refractivity contribution >= 4 is 0 Å². The third kappa shape index (κ3) is 9.71. The Morgan fingerprint density at radius 2 is 2.00 bits per heavy atom. The maximum atomic E-state index is 9.38. The van der Waals surface area contributed by atoms with Crippen molar-refractivity contribution in [2.24, 2.45) is 0 Å². The lowest BCUT2D eigenvalue weighted by Gasteiger charge is -2.11. The van der Waals surface area contributed by atoms with E-state index >= 15 is 0 Å². The maximum absolute atomic E-state index is 9.38. The average Bonchev–Trinajstić information content (AvgIpc) is 2.12. The number of hydrogen-bond donors (Lipinski definition) is 1. The van der Waals surface area contributed by atoms with Gasteiger partial charge in [-0.15, -0.1) is 0 Å². The molecule has 0 fully saturated rings. The number of unbranched alkanes of at least 4 members (excludes halogenated alkanes) is 1. The van der Waals surface area contributed by atoms with Crippen LogP contribution in [0.5, 0.6) is 0 Å². The highest BCUT2D eigenvalue weighted by molar-refractivity contribution is 4.87. The summed E-state index contributed by atoms with van der Waals surface area (Å²) in [6.07, 6.45) is 1.63. The summed E-state index contributed by atoms with van der Waals surface area (Å²) in [4.78, 5) is 0. The predicted octanol–water partition coefficient (Wildman–Crippen LogP) is 1.76. The molecule has 1 atom stereocenters. The number of ether oxygens (including phenoxy) is 2. The molecule has 0 bridgehead atoms. The van der Waals surface area contributed by atoms with Crippen molar-refractivity contribution in [3.05, 3.63) is 12.2 Å². The van der Waals surface area contributed by atoms with E-state index in [4.69, 9.17) is 9.47 Å². The fourth-order valence-electron chi connectivity index (χ4n) is 0.883. The number of aliphatic hydroxyl groups excluding tert-OH is 1. The zero-order chi connectivity index (χ0) is 10.8. The molecule has 3 nitrogen and oxygen atoms in total. The van der Waals surface area contributed by atoms with Crippen LogP contribution >= 0.6 is 0 Å². The highest BCUT2D eigenvalue weighted by atomic mass is 16.5. The van der Waals surface area contributed by atoms with Crippen molar-refractivity contribution < 1.29 is 14.6 Å². The second kappa shape index (κ2) is 9.19. The fraction of sp³-hybridized carbons (Fsp3) is 0.818. The van der Waals surface area contributed by atoms with Crippen LogP contribution in [0.3, 0.4) is 0 Å². The van der Waals surface area contributed by atoms with Crippen LogP contribution in [0.4, 0.5) is 0 Å². The van der Waals surface area contributed by atoms with E-state index in [1.807, 2.05) is 6.92 Å². The first-order chi connectivity index (χ1) is 6.66. The Bertz CT molecular complexity index is 145. The Balaban J connectivity index is 3.19.